The molecule has 92 valence electrons. The highest BCUT2D eigenvalue weighted by atomic mass is 35.5. The molecule has 1 amide bonds. The summed E-state index contributed by atoms with van der Waals surface area (Å²) in [6.45, 7) is 0. The van der Waals surface area contributed by atoms with Crippen LogP contribution in [-0.4, -0.2) is 11.7 Å². The molecule has 17 heavy (non-hydrogen) atoms. The molecule has 0 saturated heterocycles. The predicted molar refractivity (Wildman–Crippen MR) is 70.2 cm³/mol. The van der Waals surface area contributed by atoms with Gasteiger partial charge < -0.3 is 5.32 Å². The largest absolute Gasteiger partial charge is 0.326 e. The number of carbonyl (C=O) groups is 1. The Bertz CT molecular complexity index is 448. The highest BCUT2D eigenvalue weighted by Gasteiger charge is 2.42. The number of hydrogen-bond acceptors (Lipinski definition) is 2. The number of amides is 1. The molecule has 0 radical (unpaired) electrons. The summed E-state index contributed by atoms with van der Waals surface area (Å²) in [4.78, 5) is 11.7. The van der Waals surface area contributed by atoms with Gasteiger partial charge in [-0.2, -0.15) is 12.6 Å². The maximum Gasteiger partial charge on any atom is 0.224 e. The fraction of sp³-hybridized carbons (Fsp3) is 0.417. The summed E-state index contributed by atoms with van der Waals surface area (Å²) in [5.41, 5.74) is 0.605. The van der Waals surface area contributed by atoms with Gasteiger partial charge in [0.25, 0.3) is 0 Å². The zero-order valence-electron chi connectivity index (χ0n) is 9.17. The van der Waals surface area contributed by atoms with Gasteiger partial charge in [-0.15, -0.1) is 0 Å². The lowest BCUT2D eigenvalue weighted by atomic mass is 10.1. The van der Waals surface area contributed by atoms with Gasteiger partial charge in [0.15, 0.2) is 0 Å². The molecule has 0 bridgehead atoms. The Labute approximate surface area is 110 Å². The molecular weight excluding hydrogens is 261 g/mol. The average Bonchev–Trinajstić information content (AvgIpc) is 3.04. The van der Waals surface area contributed by atoms with E-state index in [0.29, 0.717) is 12.1 Å². The highest BCUT2D eigenvalue weighted by Crippen LogP contribution is 2.49. The van der Waals surface area contributed by atoms with E-state index < -0.39 is 5.82 Å². The SMILES string of the molecule is O=C(CC1(CS)CC1)Nc1ccc(F)c(Cl)c1. The van der Waals surface area contributed by atoms with Crippen LogP contribution in [0.1, 0.15) is 19.3 Å². The number of anilines is 1. The third-order valence-corrected chi connectivity index (χ3v) is 3.99. The Morgan fingerprint density at radius 3 is 2.76 bits per heavy atom. The predicted octanol–water partition coefficient (Wildman–Crippen LogP) is 3.52. The second-order valence-corrected chi connectivity index (χ2v) is 5.24. The van der Waals surface area contributed by atoms with Crippen LogP contribution in [0.2, 0.25) is 5.02 Å². The first-order valence-corrected chi connectivity index (χ1v) is 6.41. The van der Waals surface area contributed by atoms with Crippen molar-refractivity contribution < 1.29 is 9.18 Å². The quantitative estimate of drug-likeness (QED) is 0.808. The molecule has 0 aromatic heterocycles. The molecule has 2 rings (SSSR count). The van der Waals surface area contributed by atoms with Crippen LogP contribution in [0.4, 0.5) is 10.1 Å². The lowest BCUT2D eigenvalue weighted by molar-refractivity contribution is -0.117. The van der Waals surface area contributed by atoms with Crippen molar-refractivity contribution in [2.24, 2.45) is 5.41 Å². The minimum absolute atomic E-state index is 0.0122. The van der Waals surface area contributed by atoms with Gasteiger partial charge in [0.05, 0.1) is 5.02 Å². The van der Waals surface area contributed by atoms with E-state index in [0.717, 1.165) is 18.6 Å². The fourth-order valence-electron chi connectivity index (χ4n) is 1.69. The molecule has 1 aromatic carbocycles. The smallest absolute Gasteiger partial charge is 0.224 e. The summed E-state index contributed by atoms with van der Waals surface area (Å²) in [5.74, 6) is 0.169. The molecule has 0 unspecified atom stereocenters. The van der Waals surface area contributed by atoms with E-state index in [9.17, 15) is 9.18 Å². The monoisotopic (exact) mass is 273 g/mol. The first-order chi connectivity index (χ1) is 8.04. The van der Waals surface area contributed by atoms with E-state index in [4.69, 9.17) is 11.6 Å². The normalized spacial score (nSPS) is 16.6. The Morgan fingerprint density at radius 2 is 2.24 bits per heavy atom. The maximum atomic E-state index is 12.9. The van der Waals surface area contributed by atoms with Crippen LogP contribution in [0, 0.1) is 11.2 Å². The molecule has 1 fully saturated rings. The van der Waals surface area contributed by atoms with Crippen LogP contribution in [0.15, 0.2) is 18.2 Å². The van der Waals surface area contributed by atoms with E-state index in [1.165, 1.54) is 18.2 Å². The van der Waals surface area contributed by atoms with Crippen molar-refractivity contribution in [1.82, 2.24) is 0 Å². The van der Waals surface area contributed by atoms with Crippen molar-refractivity contribution in [2.75, 3.05) is 11.1 Å². The molecule has 1 aromatic rings. The zero-order valence-corrected chi connectivity index (χ0v) is 10.8. The van der Waals surface area contributed by atoms with Gasteiger partial charge in [0.2, 0.25) is 5.91 Å². The van der Waals surface area contributed by atoms with Crippen LogP contribution < -0.4 is 5.32 Å². The van der Waals surface area contributed by atoms with Gasteiger partial charge in [-0.05, 0) is 42.2 Å². The Morgan fingerprint density at radius 1 is 1.53 bits per heavy atom. The minimum atomic E-state index is -0.487. The second-order valence-electron chi connectivity index (χ2n) is 4.51. The van der Waals surface area contributed by atoms with Gasteiger partial charge in [0.1, 0.15) is 5.82 Å². The van der Waals surface area contributed by atoms with E-state index in [1.54, 1.807) is 0 Å². The molecule has 0 spiro atoms. The summed E-state index contributed by atoms with van der Waals surface area (Å²) in [6.07, 6.45) is 2.56. The number of thiol groups is 1. The van der Waals surface area contributed by atoms with Gasteiger partial charge in [-0.3, -0.25) is 4.79 Å². The number of nitrogens with one attached hydrogen (secondary N) is 1. The van der Waals surface area contributed by atoms with Gasteiger partial charge in [-0.1, -0.05) is 11.6 Å². The van der Waals surface area contributed by atoms with E-state index in [-0.39, 0.29) is 16.3 Å². The molecule has 1 aliphatic carbocycles. The summed E-state index contributed by atoms with van der Waals surface area (Å²) < 4.78 is 12.9. The van der Waals surface area contributed by atoms with Crippen molar-refractivity contribution in [3.8, 4) is 0 Å². The van der Waals surface area contributed by atoms with Crippen molar-refractivity contribution in [3.05, 3.63) is 29.0 Å². The molecule has 1 N–H and O–H groups in total. The topological polar surface area (TPSA) is 29.1 Å². The van der Waals surface area contributed by atoms with Crippen LogP contribution in [-0.2, 0) is 4.79 Å². The van der Waals surface area contributed by atoms with E-state index in [2.05, 4.69) is 17.9 Å². The van der Waals surface area contributed by atoms with Crippen molar-refractivity contribution >= 4 is 35.8 Å². The lowest BCUT2D eigenvalue weighted by Crippen LogP contribution is -2.18. The number of halogens is 2. The average molecular weight is 274 g/mol. The number of hydrogen-bond donors (Lipinski definition) is 2. The third kappa shape index (κ3) is 3.13. The van der Waals surface area contributed by atoms with Crippen LogP contribution in [0.3, 0.4) is 0 Å². The summed E-state index contributed by atoms with van der Waals surface area (Å²) in [7, 11) is 0. The van der Waals surface area contributed by atoms with Gasteiger partial charge in [-0.25, -0.2) is 4.39 Å². The van der Waals surface area contributed by atoms with Crippen molar-refractivity contribution in [2.45, 2.75) is 19.3 Å². The van der Waals surface area contributed by atoms with Crippen molar-refractivity contribution in [3.63, 3.8) is 0 Å². The fourth-order valence-corrected chi connectivity index (χ4v) is 2.30. The minimum Gasteiger partial charge on any atom is -0.326 e. The summed E-state index contributed by atoms with van der Waals surface area (Å²) >= 11 is 9.88. The molecule has 1 saturated carbocycles. The van der Waals surface area contributed by atoms with Crippen molar-refractivity contribution in [1.29, 1.82) is 0 Å². The number of rotatable bonds is 4. The summed E-state index contributed by atoms with van der Waals surface area (Å²) in [5, 5.41) is 2.73. The lowest BCUT2D eigenvalue weighted by Gasteiger charge is -2.11. The zero-order chi connectivity index (χ0) is 12.5. The molecule has 0 aliphatic heterocycles. The first kappa shape index (κ1) is 12.7. The first-order valence-electron chi connectivity index (χ1n) is 5.40. The van der Waals surface area contributed by atoms with Crippen LogP contribution in [0.25, 0.3) is 0 Å². The highest BCUT2D eigenvalue weighted by molar-refractivity contribution is 7.80. The Kier molecular flexibility index (Phi) is 3.64. The van der Waals surface area contributed by atoms with Gasteiger partial charge in [0, 0.05) is 12.1 Å². The second kappa shape index (κ2) is 4.86. The molecule has 5 heteroatoms. The van der Waals surface area contributed by atoms with Crippen LogP contribution in [0.5, 0.6) is 0 Å². The molecule has 2 nitrogen and oxygen atoms in total. The molecule has 0 heterocycles. The Balaban J connectivity index is 1.96. The molecular formula is C12H13ClFNOS. The molecule has 0 atom stereocenters. The number of carbonyl (C=O) groups excluding carboxylic acids is 1. The van der Waals surface area contributed by atoms with E-state index >= 15 is 0 Å². The molecule has 1 aliphatic rings. The maximum absolute atomic E-state index is 12.9. The summed E-state index contributed by atoms with van der Waals surface area (Å²) in [6, 6.07) is 4.15. The van der Waals surface area contributed by atoms with Crippen LogP contribution >= 0.6 is 24.2 Å². The standard InChI is InChI=1S/C12H13ClFNOS/c13-9-5-8(1-2-10(9)14)15-11(16)6-12(7-17)3-4-12/h1-2,5,17H,3-4,6-7H2,(H,15,16). The third-order valence-electron chi connectivity index (χ3n) is 3.03. The van der Waals surface area contributed by atoms with Gasteiger partial charge >= 0.3 is 0 Å². The Hall–Kier alpha value is -0.740. The number of benzene rings is 1. The van der Waals surface area contributed by atoms with E-state index in [1.807, 2.05) is 0 Å².